The summed E-state index contributed by atoms with van der Waals surface area (Å²) < 4.78 is 9.24. The Kier molecular flexibility index (Phi) is 4.35. The van der Waals surface area contributed by atoms with Crippen LogP contribution in [0, 0.1) is 20.2 Å². The Labute approximate surface area is 107 Å². The molecule has 102 valence electrons. The van der Waals surface area contributed by atoms with Crippen molar-refractivity contribution < 1.29 is 24.1 Å². The zero-order valence-electron chi connectivity index (χ0n) is 10.1. The summed E-state index contributed by atoms with van der Waals surface area (Å²) in [6.45, 7) is 3.12. The molecule has 19 heavy (non-hydrogen) atoms. The van der Waals surface area contributed by atoms with E-state index in [4.69, 9.17) is 0 Å². The van der Waals surface area contributed by atoms with Gasteiger partial charge in [-0.15, -0.1) is 0 Å². The smallest absolute Gasteiger partial charge is 0.431 e. The minimum Gasteiger partial charge on any atom is -0.431 e. The third-order valence-corrected chi connectivity index (χ3v) is 1.88. The zero-order chi connectivity index (χ0) is 14.6. The van der Waals surface area contributed by atoms with E-state index >= 15 is 0 Å². The molecule has 1 aromatic rings. The Bertz CT molecular complexity index is 527. The van der Waals surface area contributed by atoms with Crippen molar-refractivity contribution in [2.24, 2.45) is 0 Å². The van der Waals surface area contributed by atoms with Gasteiger partial charge in [-0.3, -0.25) is 20.2 Å². The van der Waals surface area contributed by atoms with Gasteiger partial charge in [-0.2, -0.15) is 0 Å². The topological polar surface area (TPSA) is 122 Å². The Morgan fingerprint density at radius 2 is 1.84 bits per heavy atom. The molecule has 0 aliphatic carbocycles. The molecule has 0 bridgehead atoms. The largest absolute Gasteiger partial charge is 0.514 e. The van der Waals surface area contributed by atoms with Gasteiger partial charge in [-0.05, 0) is 19.9 Å². The lowest BCUT2D eigenvalue weighted by Gasteiger charge is -2.08. The second-order valence-corrected chi connectivity index (χ2v) is 3.66. The molecule has 9 heteroatoms. The average molecular weight is 270 g/mol. The molecule has 0 amide bonds. The summed E-state index contributed by atoms with van der Waals surface area (Å²) in [4.78, 5) is 30.8. The lowest BCUT2D eigenvalue weighted by atomic mass is 10.2. The van der Waals surface area contributed by atoms with E-state index in [1.807, 2.05) is 0 Å². The van der Waals surface area contributed by atoms with Crippen molar-refractivity contribution in [1.29, 1.82) is 0 Å². The molecular weight excluding hydrogens is 260 g/mol. The molecule has 0 saturated carbocycles. The van der Waals surface area contributed by atoms with Gasteiger partial charge in [0.2, 0.25) is 5.75 Å². The highest BCUT2D eigenvalue weighted by Gasteiger charge is 2.31. The van der Waals surface area contributed by atoms with E-state index in [0.717, 1.165) is 12.1 Å². The number of rotatable bonds is 4. The van der Waals surface area contributed by atoms with Crippen LogP contribution in [0.1, 0.15) is 13.8 Å². The lowest BCUT2D eigenvalue weighted by molar-refractivity contribution is -0.423. The van der Waals surface area contributed by atoms with E-state index in [0.29, 0.717) is 0 Å². The molecule has 0 N–H and O–H groups in total. The number of nitro groups is 2. The molecule has 0 saturated heterocycles. The van der Waals surface area contributed by atoms with E-state index in [9.17, 15) is 25.0 Å². The van der Waals surface area contributed by atoms with Crippen LogP contribution < -0.4 is 4.74 Å². The Morgan fingerprint density at radius 3 is 2.32 bits per heavy atom. The first-order chi connectivity index (χ1) is 8.82. The minimum absolute atomic E-state index is 0.481. The highest BCUT2D eigenvalue weighted by molar-refractivity contribution is 5.70. The maximum atomic E-state index is 11.2. The molecule has 9 nitrogen and oxygen atoms in total. The highest BCUT2D eigenvalue weighted by atomic mass is 16.7. The Morgan fingerprint density at radius 1 is 1.21 bits per heavy atom. The van der Waals surface area contributed by atoms with E-state index < -0.39 is 39.2 Å². The van der Waals surface area contributed by atoms with Crippen molar-refractivity contribution in [3.8, 4) is 5.75 Å². The molecule has 0 unspecified atom stereocenters. The number of carbonyl (C=O) groups excluding carboxylic acids is 1. The number of ether oxygens (including phenoxy) is 2. The van der Waals surface area contributed by atoms with Crippen LogP contribution in [0.5, 0.6) is 5.75 Å². The second-order valence-electron chi connectivity index (χ2n) is 3.66. The van der Waals surface area contributed by atoms with Crippen LogP contribution in [0.4, 0.5) is 16.2 Å². The maximum Gasteiger partial charge on any atom is 0.514 e. The summed E-state index contributed by atoms with van der Waals surface area (Å²) >= 11 is 0. The summed E-state index contributed by atoms with van der Waals surface area (Å²) in [7, 11) is 0. The van der Waals surface area contributed by atoms with Crippen molar-refractivity contribution >= 4 is 17.5 Å². The molecule has 1 rings (SSSR count). The molecule has 1 aromatic carbocycles. The van der Waals surface area contributed by atoms with Crippen LogP contribution in [0.25, 0.3) is 0 Å². The predicted octanol–water partition coefficient (Wildman–Crippen LogP) is 2.43. The van der Waals surface area contributed by atoms with Crippen LogP contribution in [-0.2, 0) is 4.74 Å². The number of nitrogens with zero attached hydrogens (tertiary/aromatic N) is 2. The number of para-hydroxylation sites is 1. The van der Waals surface area contributed by atoms with Gasteiger partial charge in [-0.1, -0.05) is 6.07 Å². The van der Waals surface area contributed by atoms with Crippen molar-refractivity contribution in [3.63, 3.8) is 0 Å². The van der Waals surface area contributed by atoms with Crippen LogP contribution in [0.2, 0.25) is 0 Å². The normalized spacial score (nSPS) is 10.1. The van der Waals surface area contributed by atoms with Gasteiger partial charge in [0.1, 0.15) is 0 Å². The lowest BCUT2D eigenvalue weighted by Crippen LogP contribution is -2.16. The van der Waals surface area contributed by atoms with E-state index in [1.54, 1.807) is 13.8 Å². The molecular formula is C10H10N2O7. The van der Waals surface area contributed by atoms with Crippen molar-refractivity contribution in [2.75, 3.05) is 0 Å². The summed E-state index contributed by atoms with van der Waals surface area (Å²) in [6, 6.07) is 3.19. The second kappa shape index (κ2) is 5.76. The standard InChI is InChI=1S/C10H10N2O7/c1-6(2)18-10(13)19-8-5-3-4-7(11(14)15)9(8)12(16)17/h3-6H,1-2H3. The maximum absolute atomic E-state index is 11.2. The first-order valence-corrected chi connectivity index (χ1v) is 5.13. The number of hydrogen-bond acceptors (Lipinski definition) is 7. The molecule has 0 aromatic heterocycles. The Balaban J connectivity index is 3.14. The van der Waals surface area contributed by atoms with Crippen molar-refractivity contribution in [2.45, 2.75) is 20.0 Å². The third-order valence-electron chi connectivity index (χ3n) is 1.88. The van der Waals surface area contributed by atoms with Crippen LogP contribution in [-0.4, -0.2) is 22.1 Å². The first kappa shape index (κ1) is 14.4. The van der Waals surface area contributed by atoms with E-state index in [1.165, 1.54) is 6.07 Å². The summed E-state index contributed by atoms with van der Waals surface area (Å²) in [5.74, 6) is -0.537. The van der Waals surface area contributed by atoms with Crippen molar-refractivity contribution in [3.05, 3.63) is 38.4 Å². The van der Waals surface area contributed by atoms with E-state index in [-0.39, 0.29) is 0 Å². The third kappa shape index (κ3) is 3.63. The summed E-state index contributed by atoms with van der Waals surface area (Å²) in [5.41, 5.74) is -1.66. The fourth-order valence-corrected chi connectivity index (χ4v) is 1.23. The molecule has 0 spiro atoms. The summed E-state index contributed by atoms with van der Waals surface area (Å²) in [6.07, 6.45) is -1.65. The molecule has 0 radical (unpaired) electrons. The quantitative estimate of drug-likeness (QED) is 0.356. The van der Waals surface area contributed by atoms with Gasteiger partial charge in [0, 0.05) is 6.07 Å². The van der Waals surface area contributed by atoms with Gasteiger partial charge < -0.3 is 9.47 Å². The monoisotopic (exact) mass is 270 g/mol. The van der Waals surface area contributed by atoms with Gasteiger partial charge in [0.05, 0.1) is 16.0 Å². The predicted molar refractivity (Wildman–Crippen MR) is 62.0 cm³/mol. The first-order valence-electron chi connectivity index (χ1n) is 5.13. The fourth-order valence-electron chi connectivity index (χ4n) is 1.23. The van der Waals surface area contributed by atoms with Gasteiger partial charge in [0.15, 0.2) is 0 Å². The minimum atomic E-state index is -1.17. The number of hydrogen-bond donors (Lipinski definition) is 0. The van der Waals surface area contributed by atoms with Crippen LogP contribution >= 0.6 is 0 Å². The highest BCUT2D eigenvalue weighted by Crippen LogP contribution is 2.36. The molecule has 0 atom stereocenters. The van der Waals surface area contributed by atoms with E-state index in [2.05, 4.69) is 9.47 Å². The number of nitro benzene ring substituents is 2. The fraction of sp³-hybridized carbons (Fsp3) is 0.300. The molecule has 0 fully saturated rings. The van der Waals surface area contributed by atoms with Crippen LogP contribution in [0.3, 0.4) is 0 Å². The SMILES string of the molecule is CC(C)OC(=O)Oc1cccc([N+](=O)[O-])c1[N+](=O)[O-]. The zero-order valence-corrected chi connectivity index (χ0v) is 10.1. The average Bonchev–Trinajstić information content (AvgIpc) is 2.26. The Hall–Kier alpha value is -2.71. The van der Waals surface area contributed by atoms with Gasteiger partial charge in [0.25, 0.3) is 0 Å². The molecule has 0 aliphatic heterocycles. The van der Waals surface area contributed by atoms with Crippen molar-refractivity contribution in [1.82, 2.24) is 0 Å². The number of benzene rings is 1. The van der Waals surface area contributed by atoms with Gasteiger partial charge >= 0.3 is 17.5 Å². The summed E-state index contributed by atoms with van der Waals surface area (Å²) in [5, 5.41) is 21.5. The number of carbonyl (C=O) groups is 1. The molecule has 0 aliphatic rings. The molecule has 0 heterocycles. The van der Waals surface area contributed by atoms with Crippen LogP contribution in [0.15, 0.2) is 18.2 Å². The van der Waals surface area contributed by atoms with Gasteiger partial charge in [-0.25, -0.2) is 4.79 Å².